The quantitative estimate of drug-likeness (QED) is 0.903. The van der Waals surface area contributed by atoms with E-state index in [1.807, 2.05) is 0 Å². The molecule has 108 valence electrons. The third-order valence-corrected chi connectivity index (χ3v) is 2.87. The number of carbonyl (C=O) groups excluding carboxylic acids is 1. The molecule has 0 bridgehead atoms. The molecule has 2 aromatic rings. The molecular weight excluding hydrogens is 296 g/mol. The van der Waals surface area contributed by atoms with Gasteiger partial charge in [0.2, 0.25) is 0 Å². The Morgan fingerprint density at radius 1 is 1.14 bits per heavy atom. The molecule has 2 N–H and O–H groups in total. The van der Waals surface area contributed by atoms with Gasteiger partial charge in [-0.3, -0.25) is 14.5 Å². The number of carboxylic acid groups (broad SMARTS) is 1. The fraction of sp³-hybridized carbons (Fsp3) is 0.0714. The van der Waals surface area contributed by atoms with Crippen LogP contribution in [0, 0.1) is 0 Å². The number of carbonyl (C=O) groups is 2. The molecule has 7 heteroatoms. The number of phenols is 1. The zero-order valence-corrected chi connectivity index (χ0v) is 11.5. The molecule has 1 aromatic heterocycles. The van der Waals surface area contributed by atoms with Crippen molar-refractivity contribution in [3.8, 4) is 5.75 Å². The van der Waals surface area contributed by atoms with Crippen molar-refractivity contribution < 1.29 is 19.8 Å². The normalized spacial score (nSPS) is 10.1. The number of pyridine rings is 1. The van der Waals surface area contributed by atoms with Crippen molar-refractivity contribution in [2.45, 2.75) is 0 Å². The Morgan fingerprint density at radius 2 is 1.81 bits per heavy atom. The number of aliphatic carboxylic acids is 1. The van der Waals surface area contributed by atoms with Crippen LogP contribution in [-0.4, -0.2) is 33.6 Å². The number of halogens is 1. The van der Waals surface area contributed by atoms with Crippen LogP contribution >= 0.6 is 11.6 Å². The molecule has 0 saturated carbocycles. The number of rotatable bonds is 4. The maximum Gasteiger partial charge on any atom is 0.323 e. The Labute approximate surface area is 125 Å². The fourth-order valence-corrected chi connectivity index (χ4v) is 1.80. The lowest BCUT2D eigenvalue weighted by Crippen LogP contribution is -2.36. The van der Waals surface area contributed by atoms with E-state index in [0.29, 0.717) is 10.7 Å². The first kappa shape index (κ1) is 14.8. The lowest BCUT2D eigenvalue weighted by molar-refractivity contribution is -0.135. The van der Waals surface area contributed by atoms with E-state index in [1.54, 1.807) is 0 Å². The highest BCUT2D eigenvalue weighted by atomic mass is 35.5. The predicted octanol–water partition coefficient (Wildman–Crippen LogP) is 2.17. The minimum Gasteiger partial charge on any atom is -0.508 e. The number of anilines is 1. The number of hydrogen-bond acceptors (Lipinski definition) is 4. The average Bonchev–Trinajstić information content (AvgIpc) is 2.46. The SMILES string of the molecule is O=C(O)CN(C(=O)c1ccc(Cl)cn1)c1ccc(O)cc1. The van der Waals surface area contributed by atoms with Gasteiger partial charge in [-0.15, -0.1) is 0 Å². The molecule has 0 radical (unpaired) electrons. The van der Waals surface area contributed by atoms with E-state index in [-0.39, 0.29) is 11.4 Å². The summed E-state index contributed by atoms with van der Waals surface area (Å²) >= 11 is 5.71. The minimum absolute atomic E-state index is 0.0195. The van der Waals surface area contributed by atoms with Crippen molar-refractivity contribution >= 4 is 29.2 Å². The van der Waals surface area contributed by atoms with Gasteiger partial charge < -0.3 is 10.2 Å². The lowest BCUT2D eigenvalue weighted by atomic mass is 10.2. The molecule has 0 aliphatic rings. The van der Waals surface area contributed by atoms with E-state index in [4.69, 9.17) is 16.7 Å². The Balaban J connectivity index is 2.35. The summed E-state index contributed by atoms with van der Waals surface area (Å²) < 4.78 is 0. The van der Waals surface area contributed by atoms with E-state index in [0.717, 1.165) is 4.90 Å². The first-order chi connectivity index (χ1) is 9.97. The van der Waals surface area contributed by atoms with Crippen LogP contribution in [0.3, 0.4) is 0 Å². The van der Waals surface area contributed by atoms with Crippen molar-refractivity contribution in [1.82, 2.24) is 4.98 Å². The molecular formula is C14H11ClN2O4. The molecule has 0 aliphatic carbocycles. The number of benzene rings is 1. The highest BCUT2D eigenvalue weighted by Crippen LogP contribution is 2.20. The zero-order chi connectivity index (χ0) is 15.4. The third kappa shape index (κ3) is 3.70. The van der Waals surface area contributed by atoms with Gasteiger partial charge in [-0.05, 0) is 36.4 Å². The van der Waals surface area contributed by atoms with Crippen molar-refractivity contribution in [1.29, 1.82) is 0 Å². The van der Waals surface area contributed by atoms with Crippen molar-refractivity contribution in [2.75, 3.05) is 11.4 Å². The van der Waals surface area contributed by atoms with Crippen molar-refractivity contribution in [2.24, 2.45) is 0 Å². The maximum atomic E-state index is 12.4. The molecule has 2 rings (SSSR count). The number of amides is 1. The summed E-state index contributed by atoms with van der Waals surface area (Å²) in [5.74, 6) is -1.71. The minimum atomic E-state index is -1.16. The van der Waals surface area contributed by atoms with Crippen LogP contribution in [0.1, 0.15) is 10.5 Å². The molecule has 21 heavy (non-hydrogen) atoms. The van der Waals surface area contributed by atoms with Crippen LogP contribution < -0.4 is 4.90 Å². The number of phenolic OH excluding ortho intramolecular Hbond substituents is 1. The summed E-state index contributed by atoms with van der Waals surface area (Å²) in [7, 11) is 0. The third-order valence-electron chi connectivity index (χ3n) is 2.65. The van der Waals surface area contributed by atoms with Crippen LogP contribution in [0.15, 0.2) is 42.6 Å². The monoisotopic (exact) mass is 306 g/mol. The van der Waals surface area contributed by atoms with Gasteiger partial charge in [0.1, 0.15) is 18.0 Å². The number of aromatic hydroxyl groups is 1. The van der Waals surface area contributed by atoms with Crippen molar-refractivity contribution in [3.05, 3.63) is 53.3 Å². The van der Waals surface area contributed by atoms with Crippen LogP contribution in [0.5, 0.6) is 5.75 Å². The summed E-state index contributed by atoms with van der Waals surface area (Å²) in [5.41, 5.74) is 0.422. The Kier molecular flexibility index (Phi) is 4.39. The van der Waals surface area contributed by atoms with E-state index < -0.39 is 18.4 Å². The molecule has 0 unspecified atom stereocenters. The maximum absolute atomic E-state index is 12.4. The van der Waals surface area contributed by atoms with E-state index >= 15 is 0 Å². The Bertz CT molecular complexity index is 656. The molecule has 0 spiro atoms. The second-order valence-electron chi connectivity index (χ2n) is 4.16. The van der Waals surface area contributed by atoms with E-state index in [1.165, 1.54) is 42.6 Å². The molecule has 0 aliphatic heterocycles. The van der Waals surface area contributed by atoms with Gasteiger partial charge in [0.25, 0.3) is 5.91 Å². The highest BCUT2D eigenvalue weighted by molar-refractivity contribution is 6.30. The van der Waals surface area contributed by atoms with E-state index in [2.05, 4.69) is 4.98 Å². The van der Waals surface area contributed by atoms with Gasteiger partial charge in [0, 0.05) is 11.9 Å². The standard InChI is InChI=1S/C14H11ClN2O4/c15-9-1-6-12(16-7-9)14(21)17(8-13(19)20)10-2-4-11(18)5-3-10/h1-7,18H,8H2,(H,19,20). The summed E-state index contributed by atoms with van der Waals surface area (Å²) in [6.07, 6.45) is 1.31. The topological polar surface area (TPSA) is 90.7 Å². The van der Waals surface area contributed by atoms with Crippen LogP contribution in [0.2, 0.25) is 5.02 Å². The van der Waals surface area contributed by atoms with Gasteiger partial charge >= 0.3 is 5.97 Å². The second-order valence-corrected chi connectivity index (χ2v) is 4.60. The molecule has 1 aromatic carbocycles. The smallest absolute Gasteiger partial charge is 0.323 e. The summed E-state index contributed by atoms with van der Waals surface area (Å²) in [6.45, 7) is -0.520. The second kappa shape index (κ2) is 6.23. The molecule has 1 amide bonds. The number of aromatic nitrogens is 1. The van der Waals surface area contributed by atoms with Crippen LogP contribution in [-0.2, 0) is 4.79 Å². The number of hydrogen-bond donors (Lipinski definition) is 2. The molecule has 6 nitrogen and oxygen atoms in total. The van der Waals surface area contributed by atoms with Crippen LogP contribution in [0.25, 0.3) is 0 Å². The van der Waals surface area contributed by atoms with Gasteiger partial charge in [0.05, 0.1) is 5.02 Å². The summed E-state index contributed by atoms with van der Waals surface area (Å²) in [5, 5.41) is 18.6. The van der Waals surface area contributed by atoms with Gasteiger partial charge in [-0.25, -0.2) is 4.98 Å². The average molecular weight is 307 g/mol. The number of nitrogens with zero attached hydrogens (tertiary/aromatic N) is 2. The molecule has 1 heterocycles. The first-order valence-corrected chi connectivity index (χ1v) is 6.29. The Hall–Kier alpha value is -2.60. The van der Waals surface area contributed by atoms with Crippen molar-refractivity contribution in [3.63, 3.8) is 0 Å². The number of carboxylic acids is 1. The highest BCUT2D eigenvalue weighted by Gasteiger charge is 2.21. The predicted molar refractivity (Wildman–Crippen MR) is 76.7 cm³/mol. The van der Waals surface area contributed by atoms with Gasteiger partial charge in [-0.1, -0.05) is 11.6 Å². The largest absolute Gasteiger partial charge is 0.508 e. The summed E-state index contributed by atoms with van der Waals surface area (Å²) in [6, 6.07) is 8.55. The van der Waals surface area contributed by atoms with Crippen LogP contribution in [0.4, 0.5) is 5.69 Å². The van der Waals surface area contributed by atoms with E-state index in [9.17, 15) is 14.7 Å². The fourth-order valence-electron chi connectivity index (χ4n) is 1.69. The van der Waals surface area contributed by atoms with Gasteiger partial charge in [-0.2, -0.15) is 0 Å². The van der Waals surface area contributed by atoms with Gasteiger partial charge in [0.15, 0.2) is 0 Å². The first-order valence-electron chi connectivity index (χ1n) is 5.91. The zero-order valence-electron chi connectivity index (χ0n) is 10.7. The molecule has 0 atom stereocenters. The summed E-state index contributed by atoms with van der Waals surface area (Å²) in [4.78, 5) is 28.3. The lowest BCUT2D eigenvalue weighted by Gasteiger charge is -2.20. The molecule has 0 fully saturated rings. The molecule has 0 saturated heterocycles. The Morgan fingerprint density at radius 3 is 2.33 bits per heavy atom.